The minimum atomic E-state index is 0. The fraction of sp³-hybridized carbons (Fsp3) is 0.750. The Balaban J connectivity index is 0.00000288. The van der Waals surface area contributed by atoms with Crippen molar-refractivity contribution in [2.75, 3.05) is 39.5 Å². The SMILES string of the molecule is CCNC(=NCCCn1cccn1)NCCCOC1CCOC1.I. The molecule has 1 saturated heterocycles. The Bertz CT molecular complexity index is 436. The van der Waals surface area contributed by atoms with Gasteiger partial charge in [0.25, 0.3) is 0 Å². The predicted molar refractivity (Wildman–Crippen MR) is 106 cm³/mol. The number of rotatable bonds is 10. The van der Waals surface area contributed by atoms with Crippen LogP contribution in [0, 0.1) is 0 Å². The molecule has 2 heterocycles. The third-order valence-electron chi connectivity index (χ3n) is 3.57. The van der Waals surface area contributed by atoms with E-state index < -0.39 is 0 Å². The summed E-state index contributed by atoms with van der Waals surface area (Å²) in [5.41, 5.74) is 0. The lowest BCUT2D eigenvalue weighted by molar-refractivity contribution is 0.0420. The van der Waals surface area contributed by atoms with Crippen LogP contribution in [-0.4, -0.2) is 61.3 Å². The minimum absolute atomic E-state index is 0. The van der Waals surface area contributed by atoms with Gasteiger partial charge in [-0.15, -0.1) is 24.0 Å². The molecule has 0 radical (unpaired) electrons. The van der Waals surface area contributed by atoms with Gasteiger partial charge in [0, 0.05) is 51.8 Å². The van der Waals surface area contributed by atoms with Crippen LogP contribution in [0.3, 0.4) is 0 Å². The first-order chi connectivity index (χ1) is 11.4. The van der Waals surface area contributed by atoms with Crippen molar-refractivity contribution in [3.05, 3.63) is 18.5 Å². The Morgan fingerprint density at radius 2 is 2.33 bits per heavy atom. The number of guanidine groups is 1. The highest BCUT2D eigenvalue weighted by molar-refractivity contribution is 14.0. The maximum Gasteiger partial charge on any atom is 0.191 e. The number of halogens is 1. The van der Waals surface area contributed by atoms with E-state index in [1.807, 2.05) is 16.9 Å². The molecule has 1 aromatic heterocycles. The Labute approximate surface area is 161 Å². The summed E-state index contributed by atoms with van der Waals surface area (Å²) in [6, 6.07) is 1.94. The lowest BCUT2D eigenvalue weighted by Crippen LogP contribution is -2.38. The predicted octanol–water partition coefficient (Wildman–Crippen LogP) is 1.64. The average Bonchev–Trinajstić information content (AvgIpc) is 3.24. The van der Waals surface area contributed by atoms with E-state index in [0.29, 0.717) is 6.10 Å². The van der Waals surface area contributed by atoms with Gasteiger partial charge in [-0.05, 0) is 32.3 Å². The highest BCUT2D eigenvalue weighted by Crippen LogP contribution is 2.07. The van der Waals surface area contributed by atoms with Gasteiger partial charge >= 0.3 is 0 Å². The number of ether oxygens (including phenoxy) is 2. The third kappa shape index (κ3) is 8.84. The van der Waals surface area contributed by atoms with Gasteiger partial charge in [-0.3, -0.25) is 9.67 Å². The minimum Gasteiger partial charge on any atom is -0.379 e. The van der Waals surface area contributed by atoms with Crippen LogP contribution < -0.4 is 10.6 Å². The average molecular weight is 451 g/mol. The normalized spacial score (nSPS) is 17.5. The van der Waals surface area contributed by atoms with Gasteiger partial charge in [0.15, 0.2) is 5.96 Å². The first-order valence-electron chi connectivity index (χ1n) is 8.57. The van der Waals surface area contributed by atoms with Crippen LogP contribution >= 0.6 is 24.0 Å². The van der Waals surface area contributed by atoms with Crippen LogP contribution in [-0.2, 0) is 16.0 Å². The molecule has 1 unspecified atom stereocenters. The number of nitrogens with one attached hydrogen (secondary N) is 2. The third-order valence-corrected chi connectivity index (χ3v) is 3.57. The van der Waals surface area contributed by atoms with Crippen LogP contribution in [0.1, 0.15) is 26.2 Å². The summed E-state index contributed by atoms with van der Waals surface area (Å²) < 4.78 is 13.0. The van der Waals surface area contributed by atoms with Crippen molar-refractivity contribution in [3.63, 3.8) is 0 Å². The molecule has 0 spiro atoms. The number of aryl methyl sites for hydroxylation is 1. The lowest BCUT2D eigenvalue weighted by atomic mass is 10.3. The fourth-order valence-corrected chi connectivity index (χ4v) is 2.37. The molecule has 1 atom stereocenters. The monoisotopic (exact) mass is 451 g/mol. The molecule has 0 saturated carbocycles. The molecule has 8 heteroatoms. The van der Waals surface area contributed by atoms with Crippen molar-refractivity contribution in [1.29, 1.82) is 0 Å². The molecule has 1 aromatic rings. The summed E-state index contributed by atoms with van der Waals surface area (Å²) in [5.74, 6) is 0.872. The molecule has 1 fully saturated rings. The molecule has 24 heavy (non-hydrogen) atoms. The van der Waals surface area contributed by atoms with E-state index in [0.717, 1.165) is 71.2 Å². The van der Waals surface area contributed by atoms with Crippen molar-refractivity contribution >= 4 is 29.9 Å². The van der Waals surface area contributed by atoms with Gasteiger partial charge < -0.3 is 20.1 Å². The standard InChI is InChI=1S/C16H29N5O2.HI/c1-2-17-16(18-7-3-10-21-11-4-9-20-21)19-8-5-12-23-15-6-13-22-14-15;/h4,9,11,15H,2-3,5-8,10,12-14H2,1H3,(H2,17,18,19);1H. The highest BCUT2D eigenvalue weighted by atomic mass is 127. The molecule has 1 aliphatic heterocycles. The van der Waals surface area contributed by atoms with Crippen LogP contribution in [0.4, 0.5) is 0 Å². The van der Waals surface area contributed by atoms with Gasteiger partial charge in [-0.2, -0.15) is 5.10 Å². The molecular formula is C16H30IN5O2. The van der Waals surface area contributed by atoms with Gasteiger partial charge in [0.1, 0.15) is 0 Å². The second-order valence-electron chi connectivity index (χ2n) is 5.52. The Morgan fingerprint density at radius 3 is 3.04 bits per heavy atom. The molecule has 1 aliphatic rings. The first kappa shape index (κ1) is 21.2. The summed E-state index contributed by atoms with van der Waals surface area (Å²) >= 11 is 0. The molecule has 0 bridgehead atoms. The largest absolute Gasteiger partial charge is 0.379 e. The summed E-state index contributed by atoms with van der Waals surface area (Å²) in [6.07, 6.45) is 7.03. The Kier molecular flexibility index (Phi) is 11.8. The second kappa shape index (κ2) is 13.4. The summed E-state index contributed by atoms with van der Waals surface area (Å²) in [7, 11) is 0. The van der Waals surface area contributed by atoms with Gasteiger partial charge in [-0.25, -0.2) is 0 Å². The van der Waals surface area contributed by atoms with Crippen molar-refractivity contribution in [2.24, 2.45) is 4.99 Å². The van der Waals surface area contributed by atoms with E-state index in [4.69, 9.17) is 9.47 Å². The first-order valence-corrected chi connectivity index (χ1v) is 8.57. The zero-order valence-electron chi connectivity index (χ0n) is 14.4. The van der Waals surface area contributed by atoms with Crippen LogP contribution in [0.25, 0.3) is 0 Å². The summed E-state index contributed by atoms with van der Waals surface area (Å²) in [5, 5.41) is 10.8. The van der Waals surface area contributed by atoms with E-state index in [1.165, 1.54) is 0 Å². The van der Waals surface area contributed by atoms with Crippen LogP contribution in [0.2, 0.25) is 0 Å². The van der Waals surface area contributed by atoms with E-state index in [2.05, 4.69) is 27.6 Å². The van der Waals surface area contributed by atoms with E-state index >= 15 is 0 Å². The summed E-state index contributed by atoms with van der Waals surface area (Å²) in [4.78, 5) is 4.58. The maximum absolute atomic E-state index is 5.75. The van der Waals surface area contributed by atoms with Gasteiger partial charge in [0.2, 0.25) is 0 Å². The molecule has 138 valence electrons. The lowest BCUT2D eigenvalue weighted by Gasteiger charge is -2.13. The molecular weight excluding hydrogens is 421 g/mol. The molecule has 2 N–H and O–H groups in total. The number of aliphatic imine (C=N–C) groups is 1. The fourth-order valence-electron chi connectivity index (χ4n) is 2.37. The zero-order chi connectivity index (χ0) is 16.2. The number of hydrogen-bond acceptors (Lipinski definition) is 4. The van der Waals surface area contributed by atoms with Gasteiger partial charge in [-0.1, -0.05) is 0 Å². The zero-order valence-corrected chi connectivity index (χ0v) is 16.8. The number of aromatic nitrogens is 2. The molecule has 2 rings (SSSR count). The van der Waals surface area contributed by atoms with Crippen molar-refractivity contribution in [2.45, 2.75) is 38.8 Å². The molecule has 0 amide bonds. The Morgan fingerprint density at radius 1 is 1.42 bits per heavy atom. The Hall–Kier alpha value is -0.870. The maximum atomic E-state index is 5.75. The van der Waals surface area contributed by atoms with Crippen molar-refractivity contribution in [3.8, 4) is 0 Å². The topological polar surface area (TPSA) is 72.7 Å². The van der Waals surface area contributed by atoms with E-state index in [-0.39, 0.29) is 24.0 Å². The molecule has 7 nitrogen and oxygen atoms in total. The highest BCUT2D eigenvalue weighted by Gasteiger charge is 2.15. The van der Waals surface area contributed by atoms with Gasteiger partial charge in [0.05, 0.1) is 12.7 Å². The van der Waals surface area contributed by atoms with Crippen molar-refractivity contribution in [1.82, 2.24) is 20.4 Å². The quantitative estimate of drug-likeness (QED) is 0.245. The van der Waals surface area contributed by atoms with Crippen molar-refractivity contribution < 1.29 is 9.47 Å². The van der Waals surface area contributed by atoms with E-state index in [9.17, 15) is 0 Å². The smallest absolute Gasteiger partial charge is 0.191 e. The number of hydrogen-bond donors (Lipinski definition) is 2. The van der Waals surface area contributed by atoms with Crippen LogP contribution in [0.5, 0.6) is 0 Å². The summed E-state index contributed by atoms with van der Waals surface area (Å²) in [6.45, 7) is 7.81. The van der Waals surface area contributed by atoms with E-state index in [1.54, 1.807) is 6.20 Å². The molecule has 0 aliphatic carbocycles. The second-order valence-corrected chi connectivity index (χ2v) is 5.52. The van der Waals surface area contributed by atoms with Crippen LogP contribution in [0.15, 0.2) is 23.5 Å². The number of nitrogens with zero attached hydrogens (tertiary/aromatic N) is 3. The molecule has 0 aromatic carbocycles.